The first-order valence-electron chi connectivity index (χ1n) is 6.80. The van der Waals surface area contributed by atoms with Gasteiger partial charge < -0.3 is 9.64 Å². The highest BCUT2D eigenvalue weighted by Crippen LogP contribution is 2.26. The van der Waals surface area contributed by atoms with Crippen molar-refractivity contribution in [2.45, 2.75) is 18.8 Å². The third-order valence-electron chi connectivity index (χ3n) is 3.93. The molecular weight excluding hydrogens is 256 g/mol. The fourth-order valence-electron chi connectivity index (χ4n) is 2.69. The first-order chi connectivity index (χ1) is 9.69. The van der Waals surface area contributed by atoms with Gasteiger partial charge >= 0.3 is 5.97 Å². The number of hydrogen-bond acceptors (Lipinski definition) is 5. The van der Waals surface area contributed by atoms with Crippen molar-refractivity contribution in [3.05, 3.63) is 29.7 Å². The molecule has 0 atom stereocenters. The van der Waals surface area contributed by atoms with Gasteiger partial charge in [-0.3, -0.25) is 4.40 Å². The van der Waals surface area contributed by atoms with Gasteiger partial charge in [-0.05, 0) is 45.1 Å². The monoisotopic (exact) mass is 274 g/mol. The number of pyridine rings is 1. The van der Waals surface area contributed by atoms with Crippen LogP contribution in [0.3, 0.4) is 0 Å². The van der Waals surface area contributed by atoms with Gasteiger partial charge in [-0.25, -0.2) is 4.79 Å². The van der Waals surface area contributed by atoms with Gasteiger partial charge in [-0.15, -0.1) is 10.2 Å². The Morgan fingerprint density at radius 1 is 1.30 bits per heavy atom. The minimum atomic E-state index is -0.338. The molecule has 6 nitrogen and oxygen atoms in total. The molecule has 0 bridgehead atoms. The standard InChI is InChI=1S/C14H18N4O2/c1-17-7-5-10(6-8-17)13-16-15-12-4-3-11(9-18(12)13)14(19)20-2/h3-4,9-10H,5-8H2,1-2H3. The van der Waals surface area contributed by atoms with E-state index in [2.05, 4.69) is 22.1 Å². The van der Waals surface area contributed by atoms with Crippen LogP contribution in [0, 0.1) is 0 Å². The van der Waals surface area contributed by atoms with E-state index in [0.29, 0.717) is 11.5 Å². The maximum atomic E-state index is 11.6. The summed E-state index contributed by atoms with van der Waals surface area (Å²) in [5.74, 6) is 1.00. The quantitative estimate of drug-likeness (QED) is 0.773. The van der Waals surface area contributed by atoms with E-state index in [9.17, 15) is 4.79 Å². The molecule has 2 aromatic rings. The molecule has 106 valence electrons. The molecule has 1 aliphatic heterocycles. The van der Waals surface area contributed by atoms with E-state index in [4.69, 9.17) is 4.74 Å². The maximum absolute atomic E-state index is 11.6. The molecular formula is C14H18N4O2. The zero-order chi connectivity index (χ0) is 14.1. The summed E-state index contributed by atoms with van der Waals surface area (Å²) in [4.78, 5) is 13.9. The Bertz CT molecular complexity index is 629. The van der Waals surface area contributed by atoms with Crippen LogP contribution in [0.25, 0.3) is 5.65 Å². The Kier molecular flexibility index (Phi) is 3.40. The summed E-state index contributed by atoms with van der Waals surface area (Å²) in [5.41, 5.74) is 1.29. The third kappa shape index (κ3) is 2.27. The van der Waals surface area contributed by atoms with Crippen molar-refractivity contribution in [2.75, 3.05) is 27.2 Å². The van der Waals surface area contributed by atoms with E-state index in [1.54, 1.807) is 18.3 Å². The highest BCUT2D eigenvalue weighted by molar-refractivity contribution is 5.89. The molecule has 2 aromatic heterocycles. The fraction of sp³-hybridized carbons (Fsp3) is 0.500. The second-order valence-corrected chi connectivity index (χ2v) is 5.27. The van der Waals surface area contributed by atoms with E-state index in [-0.39, 0.29) is 5.97 Å². The first kappa shape index (κ1) is 13.1. The summed E-state index contributed by atoms with van der Waals surface area (Å²) < 4.78 is 6.68. The van der Waals surface area contributed by atoms with Crippen LogP contribution in [0.4, 0.5) is 0 Å². The lowest BCUT2D eigenvalue weighted by Crippen LogP contribution is -2.30. The molecule has 3 heterocycles. The van der Waals surface area contributed by atoms with E-state index in [1.165, 1.54) is 7.11 Å². The molecule has 3 rings (SSSR count). The van der Waals surface area contributed by atoms with Crippen LogP contribution < -0.4 is 0 Å². The topological polar surface area (TPSA) is 59.7 Å². The van der Waals surface area contributed by atoms with Crippen LogP contribution in [-0.2, 0) is 4.74 Å². The molecule has 0 unspecified atom stereocenters. The summed E-state index contributed by atoms with van der Waals surface area (Å²) in [7, 11) is 3.52. The predicted molar refractivity (Wildman–Crippen MR) is 73.8 cm³/mol. The van der Waals surface area contributed by atoms with Crippen LogP contribution in [0.5, 0.6) is 0 Å². The third-order valence-corrected chi connectivity index (χ3v) is 3.93. The maximum Gasteiger partial charge on any atom is 0.339 e. The summed E-state index contributed by atoms with van der Waals surface area (Å²) in [6.45, 7) is 2.13. The van der Waals surface area contributed by atoms with Gasteiger partial charge in [-0.2, -0.15) is 0 Å². The Morgan fingerprint density at radius 2 is 2.05 bits per heavy atom. The van der Waals surface area contributed by atoms with Crippen molar-refractivity contribution < 1.29 is 9.53 Å². The van der Waals surface area contributed by atoms with Gasteiger partial charge in [0.1, 0.15) is 5.82 Å². The lowest BCUT2D eigenvalue weighted by atomic mass is 9.96. The van der Waals surface area contributed by atoms with E-state index >= 15 is 0 Å². The molecule has 0 aromatic carbocycles. The summed E-state index contributed by atoms with van der Waals surface area (Å²) in [5, 5.41) is 8.50. The van der Waals surface area contributed by atoms with Crippen molar-refractivity contribution in [3.63, 3.8) is 0 Å². The zero-order valence-corrected chi connectivity index (χ0v) is 11.7. The number of rotatable bonds is 2. The molecule has 1 aliphatic rings. The Hall–Kier alpha value is -1.95. The molecule has 20 heavy (non-hydrogen) atoms. The number of carbonyl (C=O) groups excluding carboxylic acids is 1. The molecule has 0 amide bonds. The number of piperidine rings is 1. The number of aromatic nitrogens is 3. The Labute approximate surface area is 117 Å². The van der Waals surface area contributed by atoms with Crippen LogP contribution in [0.15, 0.2) is 18.3 Å². The smallest absolute Gasteiger partial charge is 0.339 e. The highest BCUT2D eigenvalue weighted by atomic mass is 16.5. The Balaban J connectivity index is 1.96. The number of nitrogens with zero attached hydrogens (tertiary/aromatic N) is 4. The zero-order valence-electron chi connectivity index (χ0n) is 11.7. The van der Waals surface area contributed by atoms with Gasteiger partial charge in [0.15, 0.2) is 5.65 Å². The number of likely N-dealkylation sites (tertiary alicyclic amines) is 1. The van der Waals surface area contributed by atoms with Crippen LogP contribution in [0.1, 0.15) is 34.9 Å². The van der Waals surface area contributed by atoms with Crippen molar-refractivity contribution >= 4 is 11.6 Å². The average molecular weight is 274 g/mol. The second kappa shape index (κ2) is 5.20. The van der Waals surface area contributed by atoms with E-state index in [1.807, 2.05) is 4.40 Å². The molecule has 1 fully saturated rings. The molecule has 6 heteroatoms. The van der Waals surface area contributed by atoms with E-state index in [0.717, 1.165) is 37.4 Å². The van der Waals surface area contributed by atoms with Crippen LogP contribution in [-0.4, -0.2) is 52.7 Å². The van der Waals surface area contributed by atoms with Gasteiger partial charge in [0.25, 0.3) is 0 Å². The summed E-state index contributed by atoms with van der Waals surface area (Å²) >= 11 is 0. The van der Waals surface area contributed by atoms with Gasteiger partial charge in [-0.1, -0.05) is 0 Å². The van der Waals surface area contributed by atoms with Gasteiger partial charge in [0.05, 0.1) is 12.7 Å². The summed E-state index contributed by atoms with van der Waals surface area (Å²) in [6, 6.07) is 3.52. The molecule has 0 aliphatic carbocycles. The molecule has 0 radical (unpaired) electrons. The summed E-state index contributed by atoms with van der Waals surface area (Å²) in [6.07, 6.45) is 3.91. The molecule has 0 spiro atoms. The fourth-order valence-corrected chi connectivity index (χ4v) is 2.69. The van der Waals surface area contributed by atoms with Gasteiger partial charge in [0, 0.05) is 12.1 Å². The number of esters is 1. The molecule has 0 saturated carbocycles. The average Bonchev–Trinajstić information content (AvgIpc) is 2.90. The number of ether oxygens (including phenoxy) is 1. The largest absolute Gasteiger partial charge is 0.465 e. The van der Waals surface area contributed by atoms with Crippen LogP contribution >= 0.6 is 0 Å². The van der Waals surface area contributed by atoms with E-state index < -0.39 is 0 Å². The minimum absolute atomic E-state index is 0.338. The highest BCUT2D eigenvalue weighted by Gasteiger charge is 2.23. The van der Waals surface area contributed by atoms with Crippen molar-refractivity contribution in [1.29, 1.82) is 0 Å². The van der Waals surface area contributed by atoms with Crippen LogP contribution in [0.2, 0.25) is 0 Å². The second-order valence-electron chi connectivity index (χ2n) is 5.27. The lowest BCUT2D eigenvalue weighted by Gasteiger charge is -2.27. The molecule has 0 N–H and O–H groups in total. The number of methoxy groups -OCH3 is 1. The normalized spacial score (nSPS) is 17.5. The molecule has 1 saturated heterocycles. The van der Waals surface area contributed by atoms with Gasteiger partial charge in [0.2, 0.25) is 0 Å². The number of fused-ring (bicyclic) bond motifs is 1. The minimum Gasteiger partial charge on any atom is -0.465 e. The van der Waals surface area contributed by atoms with Crippen molar-refractivity contribution in [2.24, 2.45) is 0 Å². The Morgan fingerprint density at radius 3 is 2.75 bits per heavy atom. The van der Waals surface area contributed by atoms with Crippen molar-refractivity contribution in [1.82, 2.24) is 19.5 Å². The predicted octanol–water partition coefficient (Wildman–Crippen LogP) is 1.33. The SMILES string of the molecule is COC(=O)c1ccc2nnc(C3CCN(C)CC3)n2c1. The first-order valence-corrected chi connectivity index (χ1v) is 6.80. The lowest BCUT2D eigenvalue weighted by molar-refractivity contribution is 0.0600. The number of hydrogen-bond donors (Lipinski definition) is 0. The van der Waals surface area contributed by atoms with Crippen molar-refractivity contribution in [3.8, 4) is 0 Å². The number of carbonyl (C=O) groups is 1.